The maximum absolute atomic E-state index is 12.8. The number of alkyl halides is 3. The fourth-order valence-electron chi connectivity index (χ4n) is 3.53. The molecule has 0 radical (unpaired) electrons. The molecule has 0 unspecified atom stereocenters. The maximum Gasteiger partial charge on any atom is 0.416 e. The first-order valence-electron chi connectivity index (χ1n) is 8.74. The molecule has 144 valence electrons. The molecule has 2 aromatic rings. The van der Waals surface area contributed by atoms with Crippen LogP contribution in [-0.4, -0.2) is 22.2 Å². The van der Waals surface area contributed by atoms with Crippen molar-refractivity contribution in [2.75, 3.05) is 0 Å². The summed E-state index contributed by atoms with van der Waals surface area (Å²) in [5.41, 5.74) is -0.0970. The number of nitrogens with one attached hydrogen (secondary N) is 1. The second-order valence-corrected chi connectivity index (χ2v) is 6.84. The summed E-state index contributed by atoms with van der Waals surface area (Å²) >= 11 is 0. The van der Waals surface area contributed by atoms with Crippen LogP contribution in [0.5, 0.6) is 11.5 Å². The number of benzene rings is 2. The molecule has 0 aromatic heterocycles. The summed E-state index contributed by atoms with van der Waals surface area (Å²) in [6, 6.07) is 8.78. The van der Waals surface area contributed by atoms with Crippen LogP contribution in [-0.2, 0) is 6.18 Å². The zero-order chi connectivity index (χ0) is 19.6. The molecule has 0 heterocycles. The third-order valence-electron chi connectivity index (χ3n) is 4.97. The molecule has 1 amide bonds. The number of halogens is 3. The Hall–Kier alpha value is -2.70. The smallest absolute Gasteiger partial charge is 0.416 e. The highest BCUT2D eigenvalue weighted by Crippen LogP contribution is 2.38. The van der Waals surface area contributed by atoms with Crippen LogP contribution in [0.4, 0.5) is 13.2 Å². The highest BCUT2D eigenvalue weighted by atomic mass is 19.4. The minimum atomic E-state index is -4.49. The van der Waals surface area contributed by atoms with E-state index in [1.54, 1.807) is 6.07 Å². The lowest BCUT2D eigenvalue weighted by Gasteiger charge is -2.29. The van der Waals surface area contributed by atoms with Crippen LogP contribution >= 0.6 is 0 Å². The van der Waals surface area contributed by atoms with E-state index in [0.29, 0.717) is 12.8 Å². The first-order valence-corrected chi connectivity index (χ1v) is 8.74. The Morgan fingerprint density at radius 2 is 1.70 bits per heavy atom. The minimum absolute atomic E-state index is 0.00159. The molecule has 4 nitrogen and oxygen atoms in total. The van der Waals surface area contributed by atoms with Crippen molar-refractivity contribution in [2.24, 2.45) is 0 Å². The van der Waals surface area contributed by atoms with Gasteiger partial charge in [0.05, 0.1) is 5.56 Å². The monoisotopic (exact) mass is 379 g/mol. The van der Waals surface area contributed by atoms with Crippen molar-refractivity contribution >= 4 is 5.91 Å². The minimum Gasteiger partial charge on any atom is -0.508 e. The molecule has 27 heavy (non-hydrogen) atoms. The molecule has 2 aromatic carbocycles. The van der Waals surface area contributed by atoms with Gasteiger partial charge in [0.25, 0.3) is 5.91 Å². The average Bonchev–Trinajstić information content (AvgIpc) is 2.62. The van der Waals surface area contributed by atoms with Crippen molar-refractivity contribution < 1.29 is 28.2 Å². The molecular weight excluding hydrogens is 359 g/mol. The lowest BCUT2D eigenvalue weighted by atomic mass is 9.81. The van der Waals surface area contributed by atoms with Gasteiger partial charge in [-0.25, -0.2) is 0 Å². The lowest BCUT2D eigenvalue weighted by Crippen LogP contribution is -2.37. The Bertz CT molecular complexity index is 827. The molecule has 3 rings (SSSR count). The van der Waals surface area contributed by atoms with Crippen LogP contribution in [0.2, 0.25) is 0 Å². The summed E-state index contributed by atoms with van der Waals surface area (Å²) in [4.78, 5) is 12.3. The van der Waals surface area contributed by atoms with Crippen LogP contribution in [0.1, 0.15) is 53.1 Å². The molecule has 1 aliphatic rings. The van der Waals surface area contributed by atoms with Gasteiger partial charge in [0.15, 0.2) is 0 Å². The zero-order valence-corrected chi connectivity index (χ0v) is 14.5. The van der Waals surface area contributed by atoms with Gasteiger partial charge in [-0.1, -0.05) is 12.1 Å². The average molecular weight is 379 g/mol. The van der Waals surface area contributed by atoms with Gasteiger partial charge in [-0.3, -0.25) is 4.79 Å². The molecule has 7 heteroatoms. The predicted molar refractivity (Wildman–Crippen MR) is 93.7 cm³/mol. The zero-order valence-electron chi connectivity index (χ0n) is 14.5. The van der Waals surface area contributed by atoms with Gasteiger partial charge in [-0.05, 0) is 61.4 Å². The summed E-state index contributed by atoms with van der Waals surface area (Å²) in [5, 5.41) is 22.2. The topological polar surface area (TPSA) is 69.6 Å². The summed E-state index contributed by atoms with van der Waals surface area (Å²) in [7, 11) is 0. The van der Waals surface area contributed by atoms with Gasteiger partial charge in [0.2, 0.25) is 0 Å². The van der Waals surface area contributed by atoms with Gasteiger partial charge in [0, 0.05) is 17.7 Å². The Labute approximate surface area is 154 Å². The first kappa shape index (κ1) is 19.1. The highest BCUT2D eigenvalue weighted by Gasteiger charge is 2.31. The lowest BCUT2D eigenvalue weighted by molar-refractivity contribution is -0.137. The SMILES string of the molecule is O=C(NC1CCC(c2ccc(O)cc2O)CC1)c1cccc(C(F)(F)F)c1. The third kappa shape index (κ3) is 4.53. The number of aromatic hydroxyl groups is 2. The fraction of sp³-hybridized carbons (Fsp3) is 0.350. The Kier molecular flexibility index (Phi) is 5.30. The van der Waals surface area contributed by atoms with Crippen LogP contribution in [0.25, 0.3) is 0 Å². The number of carbonyl (C=O) groups excluding carboxylic acids is 1. The second-order valence-electron chi connectivity index (χ2n) is 6.84. The van der Waals surface area contributed by atoms with E-state index in [9.17, 15) is 28.2 Å². The molecule has 0 atom stereocenters. The number of amides is 1. The molecule has 3 N–H and O–H groups in total. The first-order chi connectivity index (χ1) is 12.7. The molecule has 1 aliphatic carbocycles. The van der Waals surface area contributed by atoms with E-state index in [1.165, 1.54) is 24.3 Å². The molecular formula is C20H20F3NO3. The van der Waals surface area contributed by atoms with E-state index in [2.05, 4.69) is 5.32 Å². The number of phenolic OH excluding ortho intramolecular Hbond substituents is 2. The van der Waals surface area contributed by atoms with Crippen molar-refractivity contribution in [1.82, 2.24) is 5.32 Å². The number of rotatable bonds is 3. The van der Waals surface area contributed by atoms with Gasteiger partial charge in [-0.2, -0.15) is 13.2 Å². The van der Waals surface area contributed by atoms with E-state index in [1.807, 2.05) is 0 Å². The summed E-state index contributed by atoms with van der Waals surface area (Å²) in [6.45, 7) is 0. The highest BCUT2D eigenvalue weighted by molar-refractivity contribution is 5.94. The molecule has 0 saturated heterocycles. The van der Waals surface area contributed by atoms with Crippen molar-refractivity contribution in [2.45, 2.75) is 43.8 Å². The van der Waals surface area contributed by atoms with Gasteiger partial charge in [0.1, 0.15) is 11.5 Å². The van der Waals surface area contributed by atoms with Crippen molar-refractivity contribution in [3.05, 3.63) is 59.2 Å². The maximum atomic E-state index is 12.8. The van der Waals surface area contributed by atoms with Gasteiger partial charge >= 0.3 is 6.18 Å². The Balaban J connectivity index is 1.60. The largest absolute Gasteiger partial charge is 0.508 e. The van der Waals surface area contributed by atoms with Crippen LogP contribution < -0.4 is 5.32 Å². The summed E-state index contributed by atoms with van der Waals surface area (Å²) < 4.78 is 38.4. The summed E-state index contributed by atoms with van der Waals surface area (Å²) in [5.74, 6) is -0.353. The predicted octanol–water partition coefficient (Wildman–Crippen LogP) is 4.57. The fourth-order valence-corrected chi connectivity index (χ4v) is 3.53. The quantitative estimate of drug-likeness (QED) is 0.732. The van der Waals surface area contributed by atoms with E-state index >= 15 is 0 Å². The van der Waals surface area contributed by atoms with E-state index in [-0.39, 0.29) is 29.0 Å². The number of phenols is 2. The second kappa shape index (κ2) is 7.50. The molecule has 0 spiro atoms. The van der Waals surface area contributed by atoms with Crippen LogP contribution in [0, 0.1) is 0 Å². The third-order valence-corrected chi connectivity index (χ3v) is 4.97. The number of hydrogen-bond acceptors (Lipinski definition) is 3. The standard InChI is InChI=1S/C20H20F3NO3/c21-20(22,23)14-3-1-2-13(10-14)19(27)24-15-6-4-12(5-7-15)17-9-8-16(25)11-18(17)26/h1-3,8-12,15,25-26H,4-7H2,(H,24,27). The van der Waals surface area contributed by atoms with E-state index in [4.69, 9.17) is 0 Å². The normalized spacial score (nSPS) is 20.3. The van der Waals surface area contributed by atoms with E-state index < -0.39 is 17.6 Å². The van der Waals surface area contributed by atoms with Gasteiger partial charge in [-0.15, -0.1) is 0 Å². The molecule has 1 saturated carbocycles. The Morgan fingerprint density at radius 1 is 1.00 bits per heavy atom. The van der Waals surface area contributed by atoms with Crippen molar-refractivity contribution in [3.8, 4) is 11.5 Å². The van der Waals surface area contributed by atoms with Crippen molar-refractivity contribution in [3.63, 3.8) is 0 Å². The van der Waals surface area contributed by atoms with Crippen LogP contribution in [0.15, 0.2) is 42.5 Å². The number of hydrogen-bond donors (Lipinski definition) is 3. The molecule has 0 aliphatic heterocycles. The van der Waals surface area contributed by atoms with E-state index in [0.717, 1.165) is 30.5 Å². The number of carbonyl (C=O) groups is 1. The van der Waals surface area contributed by atoms with Gasteiger partial charge < -0.3 is 15.5 Å². The Morgan fingerprint density at radius 3 is 2.33 bits per heavy atom. The van der Waals surface area contributed by atoms with Crippen molar-refractivity contribution in [1.29, 1.82) is 0 Å². The molecule has 1 fully saturated rings. The molecule has 0 bridgehead atoms. The summed E-state index contributed by atoms with van der Waals surface area (Å²) in [6.07, 6.45) is -1.70. The van der Waals surface area contributed by atoms with Crippen LogP contribution in [0.3, 0.4) is 0 Å².